The summed E-state index contributed by atoms with van der Waals surface area (Å²) in [4.78, 5) is 24.3. The highest BCUT2D eigenvalue weighted by atomic mass is 16.5. The minimum Gasteiger partial charge on any atom is -0.494 e. The molecule has 4 aromatic rings. The van der Waals surface area contributed by atoms with Crippen molar-refractivity contribution in [3.05, 3.63) is 120 Å². The Kier molecular flexibility index (Phi) is 7.50. The number of hydrogen-bond acceptors (Lipinski definition) is 4. The molecule has 5 rings (SSSR count). The lowest BCUT2D eigenvalue weighted by Crippen LogP contribution is -2.08. The Morgan fingerprint density at radius 1 is 0.763 bits per heavy atom. The van der Waals surface area contributed by atoms with Gasteiger partial charge in [0.05, 0.1) is 12.2 Å². The van der Waals surface area contributed by atoms with E-state index in [0.717, 1.165) is 36.3 Å². The Morgan fingerprint density at radius 2 is 1.39 bits per heavy atom. The van der Waals surface area contributed by atoms with Gasteiger partial charge < -0.3 is 9.47 Å². The second-order valence-electron chi connectivity index (χ2n) is 9.48. The van der Waals surface area contributed by atoms with Gasteiger partial charge in [0.2, 0.25) is 0 Å². The summed E-state index contributed by atoms with van der Waals surface area (Å²) in [6.07, 6.45) is 5.59. The minimum atomic E-state index is -0.448. The number of fused-ring (bicyclic) bond motifs is 3. The average Bonchev–Trinajstić information content (AvgIpc) is 3.32. The third-order valence-electron chi connectivity index (χ3n) is 6.86. The summed E-state index contributed by atoms with van der Waals surface area (Å²) in [6, 6.07) is 26.8. The first-order valence-electron chi connectivity index (χ1n) is 13.0. The number of allylic oxidation sites excluding steroid dienone is 1. The van der Waals surface area contributed by atoms with E-state index < -0.39 is 5.97 Å². The molecule has 4 aromatic carbocycles. The van der Waals surface area contributed by atoms with Crippen molar-refractivity contribution in [2.24, 2.45) is 0 Å². The molecule has 0 aliphatic heterocycles. The van der Waals surface area contributed by atoms with E-state index in [9.17, 15) is 9.59 Å². The van der Waals surface area contributed by atoms with Gasteiger partial charge in [-0.05, 0) is 101 Å². The molecule has 0 radical (unpaired) electrons. The van der Waals surface area contributed by atoms with E-state index in [2.05, 4.69) is 49.9 Å². The molecule has 1 aliphatic rings. The monoisotopic (exact) mass is 502 g/mol. The van der Waals surface area contributed by atoms with E-state index in [0.29, 0.717) is 16.9 Å². The molecular formula is C34H30O4. The quantitative estimate of drug-likeness (QED) is 0.0637. The van der Waals surface area contributed by atoms with Gasteiger partial charge in [0, 0.05) is 5.56 Å². The first kappa shape index (κ1) is 25.2. The highest BCUT2D eigenvalue weighted by Gasteiger charge is 2.20. The number of carbonyl (C=O) groups is 2. The number of ether oxygens (including phenoxy) is 2. The first-order valence-corrected chi connectivity index (χ1v) is 13.0. The largest absolute Gasteiger partial charge is 0.494 e. The van der Waals surface area contributed by atoms with Gasteiger partial charge in [-0.25, -0.2) is 4.79 Å². The number of hydrogen-bond donors (Lipinski definition) is 0. The second kappa shape index (κ2) is 11.3. The number of benzene rings is 4. The topological polar surface area (TPSA) is 52.6 Å². The zero-order valence-corrected chi connectivity index (χ0v) is 21.5. The molecule has 0 spiro atoms. The predicted molar refractivity (Wildman–Crippen MR) is 151 cm³/mol. The van der Waals surface area contributed by atoms with Crippen molar-refractivity contribution in [3.8, 4) is 33.8 Å². The molecule has 0 saturated heterocycles. The highest BCUT2D eigenvalue weighted by Crippen LogP contribution is 2.40. The first-order chi connectivity index (χ1) is 18.6. The van der Waals surface area contributed by atoms with Crippen LogP contribution in [0.5, 0.6) is 11.5 Å². The fraction of sp³-hybridized carbons (Fsp3) is 0.176. The molecule has 0 heterocycles. The molecule has 0 atom stereocenters. The van der Waals surface area contributed by atoms with Crippen molar-refractivity contribution in [1.29, 1.82) is 0 Å². The number of carbonyl (C=O) groups excluding carboxylic acids is 2. The van der Waals surface area contributed by atoms with Crippen LogP contribution in [0.2, 0.25) is 0 Å². The van der Waals surface area contributed by atoms with Crippen molar-refractivity contribution in [3.63, 3.8) is 0 Å². The molecule has 0 unspecified atom stereocenters. The average molecular weight is 503 g/mol. The number of ketones is 1. The molecule has 1 aliphatic carbocycles. The lowest BCUT2D eigenvalue weighted by Gasteiger charge is -2.08. The number of esters is 1. The summed E-state index contributed by atoms with van der Waals surface area (Å²) < 4.78 is 11.4. The zero-order chi connectivity index (χ0) is 26.5. The number of unbranched alkanes of at least 4 members (excludes halogenated alkanes) is 2. The Morgan fingerprint density at radius 3 is 2.11 bits per heavy atom. The maximum absolute atomic E-state index is 12.6. The van der Waals surface area contributed by atoms with E-state index in [1.807, 2.05) is 12.1 Å². The van der Waals surface area contributed by atoms with Crippen LogP contribution in [-0.2, 0) is 6.42 Å². The lowest BCUT2D eigenvalue weighted by molar-refractivity contribution is 0.0734. The molecule has 38 heavy (non-hydrogen) atoms. The van der Waals surface area contributed by atoms with Gasteiger partial charge >= 0.3 is 5.97 Å². The van der Waals surface area contributed by atoms with Crippen LogP contribution in [0.4, 0.5) is 0 Å². The molecule has 4 nitrogen and oxygen atoms in total. The smallest absolute Gasteiger partial charge is 0.343 e. The Hall–Kier alpha value is -4.44. The van der Waals surface area contributed by atoms with Gasteiger partial charge in [0.15, 0.2) is 5.78 Å². The van der Waals surface area contributed by atoms with Gasteiger partial charge in [0.1, 0.15) is 11.5 Å². The lowest BCUT2D eigenvalue weighted by atomic mass is 9.98. The van der Waals surface area contributed by atoms with Gasteiger partial charge in [-0.3, -0.25) is 4.79 Å². The summed E-state index contributed by atoms with van der Waals surface area (Å²) in [5.74, 6) is 0.700. The standard InChI is InChI=1S/C34H30O4/c1-3-5-6-19-37-30-16-18-32-28(22-30)21-27-20-26(13-17-31(27)32)23-7-9-25(10-8-23)34(36)38-29-14-11-24(12-15-29)33(35)4-2/h4,7-18,20,22H,2-3,5-6,19,21H2,1H3. The van der Waals surface area contributed by atoms with Crippen molar-refractivity contribution < 1.29 is 19.1 Å². The van der Waals surface area contributed by atoms with Crippen LogP contribution in [-0.4, -0.2) is 18.4 Å². The Bertz CT molecular complexity index is 1480. The Balaban J connectivity index is 1.25. The molecule has 0 N–H and O–H groups in total. The minimum absolute atomic E-state index is 0.175. The van der Waals surface area contributed by atoms with E-state index in [4.69, 9.17) is 9.47 Å². The SMILES string of the molecule is C=CC(=O)c1ccc(OC(=O)c2ccc(-c3ccc4c(c3)Cc3cc(OCCCCC)ccc3-4)cc2)cc1. The van der Waals surface area contributed by atoms with Crippen LogP contribution in [0.1, 0.15) is 58.0 Å². The van der Waals surface area contributed by atoms with E-state index in [1.54, 1.807) is 36.4 Å². The molecule has 0 bridgehead atoms. The van der Waals surface area contributed by atoms with Gasteiger partial charge in [-0.15, -0.1) is 0 Å². The molecule has 0 amide bonds. The number of rotatable bonds is 10. The maximum atomic E-state index is 12.6. The molecule has 0 aromatic heterocycles. The molecule has 0 saturated carbocycles. The van der Waals surface area contributed by atoms with Crippen LogP contribution < -0.4 is 9.47 Å². The normalized spacial score (nSPS) is 11.4. The third kappa shape index (κ3) is 5.45. The summed E-state index contributed by atoms with van der Waals surface area (Å²) in [5.41, 5.74) is 8.22. The van der Waals surface area contributed by atoms with Crippen molar-refractivity contribution in [2.75, 3.05) is 6.61 Å². The molecular weight excluding hydrogens is 472 g/mol. The van der Waals surface area contributed by atoms with Gasteiger partial charge in [-0.1, -0.05) is 62.7 Å². The van der Waals surface area contributed by atoms with Crippen molar-refractivity contribution in [2.45, 2.75) is 32.6 Å². The summed E-state index contributed by atoms with van der Waals surface area (Å²) in [5, 5.41) is 0. The van der Waals surface area contributed by atoms with Crippen molar-refractivity contribution >= 4 is 11.8 Å². The van der Waals surface area contributed by atoms with Crippen LogP contribution in [0.15, 0.2) is 97.6 Å². The van der Waals surface area contributed by atoms with Crippen LogP contribution in [0, 0.1) is 0 Å². The van der Waals surface area contributed by atoms with E-state index in [-0.39, 0.29) is 5.78 Å². The second-order valence-corrected chi connectivity index (χ2v) is 9.48. The third-order valence-corrected chi connectivity index (χ3v) is 6.86. The summed E-state index contributed by atoms with van der Waals surface area (Å²) in [7, 11) is 0. The predicted octanol–water partition coefficient (Wildman–Crippen LogP) is 8.08. The van der Waals surface area contributed by atoms with Crippen molar-refractivity contribution in [1.82, 2.24) is 0 Å². The molecule has 4 heteroatoms. The van der Waals surface area contributed by atoms with Crippen LogP contribution >= 0.6 is 0 Å². The highest BCUT2D eigenvalue weighted by molar-refractivity contribution is 6.04. The fourth-order valence-corrected chi connectivity index (χ4v) is 4.77. The van der Waals surface area contributed by atoms with E-state index >= 15 is 0 Å². The Labute approximate surface area is 223 Å². The molecule has 0 fully saturated rings. The van der Waals surface area contributed by atoms with Gasteiger partial charge in [-0.2, -0.15) is 0 Å². The summed E-state index contributed by atoms with van der Waals surface area (Å²) >= 11 is 0. The molecule has 190 valence electrons. The van der Waals surface area contributed by atoms with Crippen LogP contribution in [0.25, 0.3) is 22.3 Å². The zero-order valence-electron chi connectivity index (χ0n) is 21.5. The maximum Gasteiger partial charge on any atom is 0.343 e. The van der Waals surface area contributed by atoms with E-state index in [1.165, 1.54) is 41.2 Å². The fourth-order valence-electron chi connectivity index (χ4n) is 4.77. The summed E-state index contributed by atoms with van der Waals surface area (Å²) in [6.45, 7) is 6.44. The van der Waals surface area contributed by atoms with Crippen LogP contribution in [0.3, 0.4) is 0 Å². The van der Waals surface area contributed by atoms with Gasteiger partial charge in [0.25, 0.3) is 0 Å².